The second-order valence-corrected chi connectivity index (χ2v) is 6.12. The molecule has 0 saturated heterocycles. The number of aryl methyl sites for hydroxylation is 1. The summed E-state index contributed by atoms with van der Waals surface area (Å²) in [6.45, 7) is 2.23. The smallest absolute Gasteiger partial charge is 0.257 e. The first-order valence-electron chi connectivity index (χ1n) is 8.85. The molecule has 0 spiro atoms. The highest BCUT2D eigenvalue weighted by Gasteiger charge is 2.09. The lowest BCUT2D eigenvalue weighted by atomic mass is 10.0. The molecule has 0 fully saturated rings. The van der Waals surface area contributed by atoms with Gasteiger partial charge in [-0.1, -0.05) is 80.2 Å². The van der Waals surface area contributed by atoms with Gasteiger partial charge < -0.3 is 4.52 Å². The molecule has 3 aromatic rings. The molecule has 0 radical (unpaired) electrons. The van der Waals surface area contributed by atoms with E-state index in [4.69, 9.17) is 4.52 Å². The highest BCUT2D eigenvalue weighted by Crippen LogP contribution is 2.24. The molecular formula is C21H24N2O. The van der Waals surface area contributed by atoms with E-state index in [1.165, 1.54) is 36.8 Å². The average molecular weight is 320 g/mol. The molecule has 124 valence electrons. The predicted molar refractivity (Wildman–Crippen MR) is 97.6 cm³/mol. The molecule has 0 aliphatic rings. The number of benzene rings is 2. The third-order valence-electron chi connectivity index (χ3n) is 4.21. The molecule has 0 saturated carbocycles. The number of aromatic nitrogens is 2. The van der Waals surface area contributed by atoms with E-state index in [2.05, 4.69) is 41.3 Å². The van der Waals surface area contributed by atoms with E-state index in [1.807, 2.05) is 30.3 Å². The molecule has 3 nitrogen and oxygen atoms in total. The van der Waals surface area contributed by atoms with Crippen molar-refractivity contribution in [1.29, 1.82) is 0 Å². The summed E-state index contributed by atoms with van der Waals surface area (Å²) in [6, 6.07) is 18.6. The normalized spacial score (nSPS) is 10.9. The third-order valence-corrected chi connectivity index (χ3v) is 4.21. The lowest BCUT2D eigenvalue weighted by Crippen LogP contribution is -1.89. The van der Waals surface area contributed by atoms with Crippen LogP contribution >= 0.6 is 0 Å². The fourth-order valence-corrected chi connectivity index (χ4v) is 2.80. The van der Waals surface area contributed by atoms with Gasteiger partial charge in [0.05, 0.1) is 0 Å². The summed E-state index contributed by atoms with van der Waals surface area (Å²) in [7, 11) is 0. The minimum absolute atomic E-state index is 0.609. The molecule has 0 unspecified atom stereocenters. The molecular weight excluding hydrogens is 296 g/mol. The van der Waals surface area contributed by atoms with Gasteiger partial charge in [0.2, 0.25) is 0 Å². The lowest BCUT2D eigenvalue weighted by molar-refractivity contribution is 0.421. The van der Waals surface area contributed by atoms with Gasteiger partial charge >= 0.3 is 0 Å². The van der Waals surface area contributed by atoms with Crippen LogP contribution in [-0.2, 0) is 6.42 Å². The largest absolute Gasteiger partial charge is 0.334 e. The van der Waals surface area contributed by atoms with Crippen LogP contribution in [0.3, 0.4) is 0 Å². The van der Waals surface area contributed by atoms with Crippen LogP contribution in [-0.4, -0.2) is 10.1 Å². The molecule has 0 aliphatic carbocycles. The minimum Gasteiger partial charge on any atom is -0.334 e. The Kier molecular flexibility index (Phi) is 5.78. The van der Waals surface area contributed by atoms with Gasteiger partial charge in [-0.05, 0) is 29.7 Å². The summed E-state index contributed by atoms with van der Waals surface area (Å²) in [5.74, 6) is 1.42. The second-order valence-electron chi connectivity index (χ2n) is 6.12. The van der Waals surface area contributed by atoms with Crippen molar-refractivity contribution in [3.8, 4) is 22.6 Å². The molecule has 24 heavy (non-hydrogen) atoms. The van der Waals surface area contributed by atoms with Gasteiger partial charge in [0.1, 0.15) is 0 Å². The Morgan fingerprint density at radius 1 is 0.750 bits per heavy atom. The van der Waals surface area contributed by atoms with Crippen LogP contribution in [0.2, 0.25) is 0 Å². The zero-order valence-electron chi connectivity index (χ0n) is 14.2. The fourth-order valence-electron chi connectivity index (χ4n) is 2.80. The Balaban J connectivity index is 1.61. The molecule has 0 amide bonds. The van der Waals surface area contributed by atoms with Crippen molar-refractivity contribution >= 4 is 0 Å². The summed E-state index contributed by atoms with van der Waals surface area (Å²) < 4.78 is 5.41. The zero-order valence-corrected chi connectivity index (χ0v) is 14.2. The zero-order chi connectivity index (χ0) is 16.6. The maximum atomic E-state index is 5.41. The van der Waals surface area contributed by atoms with Gasteiger partial charge in [-0.25, -0.2) is 0 Å². The summed E-state index contributed by atoms with van der Waals surface area (Å²) in [5, 5.41) is 4.10. The summed E-state index contributed by atoms with van der Waals surface area (Å²) in [4.78, 5) is 4.52. The van der Waals surface area contributed by atoms with Crippen molar-refractivity contribution < 1.29 is 4.52 Å². The van der Waals surface area contributed by atoms with Crippen LogP contribution in [0.1, 0.15) is 44.9 Å². The third kappa shape index (κ3) is 4.31. The van der Waals surface area contributed by atoms with Crippen molar-refractivity contribution in [2.75, 3.05) is 0 Å². The van der Waals surface area contributed by atoms with E-state index in [0.717, 1.165) is 24.2 Å². The highest BCUT2D eigenvalue weighted by atomic mass is 16.5. The van der Waals surface area contributed by atoms with Crippen molar-refractivity contribution in [3.63, 3.8) is 0 Å². The Labute approximate surface area is 143 Å². The van der Waals surface area contributed by atoms with Crippen molar-refractivity contribution in [2.45, 2.75) is 45.4 Å². The summed E-state index contributed by atoms with van der Waals surface area (Å²) in [5.41, 5.74) is 3.37. The van der Waals surface area contributed by atoms with Gasteiger partial charge in [0, 0.05) is 12.0 Å². The first kappa shape index (κ1) is 16.4. The van der Waals surface area contributed by atoms with Crippen molar-refractivity contribution in [1.82, 2.24) is 10.1 Å². The Bertz CT molecular complexity index is 732. The molecule has 3 heteroatoms. The number of hydrogen-bond acceptors (Lipinski definition) is 3. The van der Waals surface area contributed by atoms with E-state index in [0.29, 0.717) is 5.89 Å². The van der Waals surface area contributed by atoms with E-state index < -0.39 is 0 Å². The van der Waals surface area contributed by atoms with E-state index in [9.17, 15) is 0 Å². The first-order valence-corrected chi connectivity index (χ1v) is 8.85. The van der Waals surface area contributed by atoms with Gasteiger partial charge in [-0.3, -0.25) is 0 Å². The standard InChI is InChI=1S/C21H24N2O/c1-2-3-4-5-9-12-20-22-21(24-23-20)19-15-13-18(14-16-19)17-10-7-6-8-11-17/h6-8,10-11,13-16H,2-5,9,12H2,1H3. The van der Waals surface area contributed by atoms with Gasteiger partial charge in [-0.2, -0.15) is 4.98 Å². The SMILES string of the molecule is CCCCCCCc1noc(-c2ccc(-c3ccccc3)cc2)n1. The Morgan fingerprint density at radius 2 is 1.42 bits per heavy atom. The summed E-state index contributed by atoms with van der Waals surface area (Å²) >= 11 is 0. The Morgan fingerprint density at radius 3 is 2.17 bits per heavy atom. The van der Waals surface area contributed by atoms with Gasteiger partial charge in [-0.15, -0.1) is 0 Å². The predicted octanol–water partition coefficient (Wildman–Crippen LogP) is 5.92. The monoisotopic (exact) mass is 320 g/mol. The average Bonchev–Trinajstić information content (AvgIpc) is 3.11. The van der Waals surface area contributed by atoms with Gasteiger partial charge in [0.25, 0.3) is 5.89 Å². The van der Waals surface area contributed by atoms with Crippen LogP contribution in [0.15, 0.2) is 59.1 Å². The lowest BCUT2D eigenvalue weighted by Gasteiger charge is -2.01. The molecule has 1 aromatic heterocycles. The van der Waals surface area contributed by atoms with E-state index in [1.54, 1.807) is 0 Å². The first-order chi connectivity index (χ1) is 11.9. The van der Waals surface area contributed by atoms with Crippen molar-refractivity contribution in [2.24, 2.45) is 0 Å². The maximum Gasteiger partial charge on any atom is 0.257 e. The topological polar surface area (TPSA) is 38.9 Å². The van der Waals surface area contributed by atoms with E-state index >= 15 is 0 Å². The number of hydrogen-bond donors (Lipinski definition) is 0. The highest BCUT2D eigenvalue weighted by molar-refractivity contribution is 5.67. The fraction of sp³-hybridized carbons (Fsp3) is 0.333. The van der Waals surface area contributed by atoms with Crippen LogP contribution in [0.4, 0.5) is 0 Å². The number of unbranched alkanes of at least 4 members (excludes halogenated alkanes) is 4. The quantitative estimate of drug-likeness (QED) is 0.484. The van der Waals surface area contributed by atoms with Gasteiger partial charge in [0.15, 0.2) is 5.82 Å². The molecule has 3 rings (SSSR count). The molecule has 0 aliphatic heterocycles. The Hall–Kier alpha value is -2.42. The van der Waals surface area contributed by atoms with E-state index in [-0.39, 0.29) is 0 Å². The second kappa shape index (κ2) is 8.44. The van der Waals surface area contributed by atoms with Crippen LogP contribution in [0, 0.1) is 0 Å². The molecule has 1 heterocycles. The minimum atomic E-state index is 0.609. The van der Waals surface area contributed by atoms with Crippen LogP contribution < -0.4 is 0 Å². The molecule has 0 atom stereocenters. The van der Waals surface area contributed by atoms with Crippen molar-refractivity contribution in [3.05, 3.63) is 60.4 Å². The summed E-state index contributed by atoms with van der Waals surface area (Å²) in [6.07, 6.45) is 7.14. The molecule has 2 aromatic carbocycles. The van der Waals surface area contributed by atoms with Crippen LogP contribution in [0.5, 0.6) is 0 Å². The van der Waals surface area contributed by atoms with Crippen LogP contribution in [0.25, 0.3) is 22.6 Å². The molecule has 0 N–H and O–H groups in total. The number of rotatable bonds is 8. The maximum absolute atomic E-state index is 5.41. The molecule has 0 bridgehead atoms. The number of nitrogens with zero attached hydrogens (tertiary/aromatic N) is 2.